The van der Waals surface area contributed by atoms with Gasteiger partial charge in [-0.1, -0.05) is 18.2 Å². The average Bonchev–Trinajstić information content (AvgIpc) is 2.68. The third-order valence-corrected chi connectivity index (χ3v) is 4.17. The van der Waals surface area contributed by atoms with Crippen molar-refractivity contribution < 1.29 is 9.59 Å². The third-order valence-electron chi connectivity index (χ3n) is 4.17. The van der Waals surface area contributed by atoms with Gasteiger partial charge in [0, 0.05) is 44.5 Å². The van der Waals surface area contributed by atoms with Crippen molar-refractivity contribution in [3.05, 3.63) is 65.5 Å². The first kappa shape index (κ1) is 18.9. The summed E-state index contributed by atoms with van der Waals surface area (Å²) in [5, 5.41) is 0. The van der Waals surface area contributed by atoms with Crippen LogP contribution < -0.4 is 5.73 Å². The fraction of sp³-hybridized carbons (Fsp3) is 0.278. The van der Waals surface area contributed by atoms with E-state index in [2.05, 4.69) is 4.98 Å². The number of nitrogens with two attached hydrogens (primary N) is 1. The molecule has 0 bridgehead atoms. The van der Waals surface area contributed by atoms with E-state index in [1.54, 1.807) is 46.3 Å². The number of nitrogens with zero attached hydrogens (tertiary/aromatic N) is 3. The van der Waals surface area contributed by atoms with Crippen molar-refractivity contribution in [2.45, 2.75) is 6.54 Å². The number of rotatable bonds is 3. The average molecular weight is 361 g/mol. The van der Waals surface area contributed by atoms with Crippen molar-refractivity contribution in [3.8, 4) is 0 Å². The van der Waals surface area contributed by atoms with E-state index >= 15 is 0 Å². The van der Waals surface area contributed by atoms with Crippen LogP contribution in [0, 0.1) is 0 Å². The zero-order valence-electron chi connectivity index (χ0n) is 13.8. The SMILES string of the molecule is Cl.NCc1ccc(C(=O)N2CCN(C(=O)c3ccccn3)CC2)cc1. The molecule has 132 valence electrons. The molecule has 1 fully saturated rings. The summed E-state index contributed by atoms with van der Waals surface area (Å²) in [6.07, 6.45) is 1.61. The second-order valence-corrected chi connectivity index (χ2v) is 5.70. The summed E-state index contributed by atoms with van der Waals surface area (Å²) in [7, 11) is 0. The standard InChI is InChI=1S/C18H20N4O2.ClH/c19-13-14-4-6-15(7-5-14)17(23)21-9-11-22(12-10-21)18(24)16-3-1-2-8-20-16;/h1-8H,9-13,19H2;1H. The van der Waals surface area contributed by atoms with Crippen LogP contribution in [0.5, 0.6) is 0 Å². The Balaban J connectivity index is 0.00000225. The van der Waals surface area contributed by atoms with Crippen LogP contribution in [0.1, 0.15) is 26.4 Å². The summed E-state index contributed by atoms with van der Waals surface area (Å²) in [5.41, 5.74) is 7.66. The summed E-state index contributed by atoms with van der Waals surface area (Å²) >= 11 is 0. The first-order valence-electron chi connectivity index (χ1n) is 7.97. The summed E-state index contributed by atoms with van der Waals surface area (Å²) in [5.74, 6) is -0.0986. The van der Waals surface area contributed by atoms with E-state index in [0.717, 1.165) is 5.56 Å². The molecule has 1 aromatic carbocycles. The highest BCUT2D eigenvalue weighted by atomic mass is 35.5. The lowest BCUT2D eigenvalue weighted by Gasteiger charge is -2.34. The summed E-state index contributed by atoms with van der Waals surface area (Å²) in [6, 6.07) is 12.6. The van der Waals surface area contributed by atoms with E-state index in [-0.39, 0.29) is 24.2 Å². The monoisotopic (exact) mass is 360 g/mol. The predicted octanol–water partition coefficient (Wildman–Crippen LogP) is 1.56. The molecule has 1 aliphatic rings. The van der Waals surface area contributed by atoms with E-state index < -0.39 is 0 Å². The molecule has 0 spiro atoms. The van der Waals surface area contributed by atoms with Gasteiger partial charge in [-0.3, -0.25) is 14.6 Å². The Kier molecular flexibility index (Phi) is 6.50. The molecule has 1 aromatic heterocycles. The fourth-order valence-corrected chi connectivity index (χ4v) is 2.73. The van der Waals surface area contributed by atoms with Crippen molar-refractivity contribution in [2.24, 2.45) is 5.73 Å². The number of hydrogen-bond acceptors (Lipinski definition) is 4. The van der Waals surface area contributed by atoms with Crippen LogP contribution in [0.3, 0.4) is 0 Å². The maximum atomic E-state index is 12.5. The van der Waals surface area contributed by atoms with E-state index in [1.165, 1.54) is 0 Å². The molecule has 2 aromatic rings. The van der Waals surface area contributed by atoms with E-state index in [9.17, 15) is 9.59 Å². The number of hydrogen-bond donors (Lipinski definition) is 1. The van der Waals surface area contributed by atoms with E-state index in [4.69, 9.17) is 5.73 Å². The normalized spacial score (nSPS) is 14.0. The highest BCUT2D eigenvalue weighted by Crippen LogP contribution is 2.12. The highest BCUT2D eigenvalue weighted by molar-refractivity contribution is 5.95. The first-order chi connectivity index (χ1) is 11.7. The molecule has 0 atom stereocenters. The van der Waals surface area contributed by atoms with Gasteiger partial charge in [0.1, 0.15) is 5.69 Å². The number of piperazine rings is 1. The Morgan fingerprint density at radius 1 is 0.920 bits per heavy atom. The maximum absolute atomic E-state index is 12.5. The minimum absolute atomic E-state index is 0. The molecule has 1 saturated heterocycles. The minimum Gasteiger partial charge on any atom is -0.335 e. The zero-order valence-corrected chi connectivity index (χ0v) is 14.6. The molecule has 2 N–H and O–H groups in total. The van der Waals surface area contributed by atoms with Crippen LogP contribution >= 0.6 is 12.4 Å². The molecule has 25 heavy (non-hydrogen) atoms. The molecule has 3 rings (SSSR count). The van der Waals surface area contributed by atoms with Gasteiger partial charge in [0.2, 0.25) is 0 Å². The summed E-state index contributed by atoms with van der Waals surface area (Å²) < 4.78 is 0. The van der Waals surface area contributed by atoms with E-state index in [1.807, 2.05) is 12.1 Å². The lowest BCUT2D eigenvalue weighted by molar-refractivity contribution is 0.0532. The topological polar surface area (TPSA) is 79.5 Å². The van der Waals surface area contributed by atoms with Crippen LogP contribution in [0.4, 0.5) is 0 Å². The number of pyridine rings is 1. The van der Waals surface area contributed by atoms with Crippen LogP contribution in [0.25, 0.3) is 0 Å². The molecule has 7 heteroatoms. The molecule has 0 aliphatic carbocycles. The molecule has 0 radical (unpaired) electrons. The van der Waals surface area contributed by atoms with Gasteiger partial charge in [0.05, 0.1) is 0 Å². The van der Waals surface area contributed by atoms with Gasteiger partial charge in [-0.25, -0.2) is 0 Å². The maximum Gasteiger partial charge on any atom is 0.272 e. The Morgan fingerprint density at radius 2 is 1.52 bits per heavy atom. The van der Waals surface area contributed by atoms with Gasteiger partial charge in [0.25, 0.3) is 11.8 Å². The van der Waals surface area contributed by atoms with E-state index in [0.29, 0.717) is 44.0 Å². The molecular weight excluding hydrogens is 340 g/mol. The second kappa shape index (κ2) is 8.60. The number of carbonyl (C=O) groups is 2. The smallest absolute Gasteiger partial charge is 0.272 e. The van der Waals surface area contributed by atoms with Gasteiger partial charge in [-0.15, -0.1) is 12.4 Å². The Labute approximate surface area is 153 Å². The molecule has 6 nitrogen and oxygen atoms in total. The van der Waals surface area contributed by atoms with Crippen LogP contribution in [0.15, 0.2) is 48.7 Å². The minimum atomic E-state index is -0.0880. The van der Waals surface area contributed by atoms with Gasteiger partial charge in [0.15, 0.2) is 0 Å². The van der Waals surface area contributed by atoms with Crippen molar-refractivity contribution in [2.75, 3.05) is 26.2 Å². The molecule has 2 heterocycles. The van der Waals surface area contributed by atoms with Gasteiger partial charge < -0.3 is 15.5 Å². The lowest BCUT2D eigenvalue weighted by atomic mass is 10.1. The van der Waals surface area contributed by atoms with Crippen LogP contribution in [-0.4, -0.2) is 52.8 Å². The van der Waals surface area contributed by atoms with Crippen molar-refractivity contribution >= 4 is 24.2 Å². The Morgan fingerprint density at radius 3 is 2.04 bits per heavy atom. The van der Waals surface area contributed by atoms with Crippen molar-refractivity contribution in [1.29, 1.82) is 0 Å². The van der Waals surface area contributed by atoms with Crippen LogP contribution in [-0.2, 0) is 6.54 Å². The van der Waals surface area contributed by atoms with Crippen LogP contribution in [0.2, 0.25) is 0 Å². The van der Waals surface area contributed by atoms with Gasteiger partial charge >= 0.3 is 0 Å². The number of carbonyl (C=O) groups excluding carboxylic acids is 2. The molecule has 2 amide bonds. The summed E-state index contributed by atoms with van der Waals surface area (Å²) in [6.45, 7) is 2.54. The number of amides is 2. The Bertz CT molecular complexity index is 714. The Hall–Kier alpha value is -2.44. The fourth-order valence-electron chi connectivity index (χ4n) is 2.73. The highest BCUT2D eigenvalue weighted by Gasteiger charge is 2.25. The number of benzene rings is 1. The zero-order chi connectivity index (χ0) is 16.9. The number of aromatic nitrogens is 1. The summed E-state index contributed by atoms with van der Waals surface area (Å²) in [4.78, 5) is 32.5. The first-order valence-corrected chi connectivity index (χ1v) is 7.97. The molecule has 0 saturated carbocycles. The largest absolute Gasteiger partial charge is 0.335 e. The van der Waals surface area contributed by atoms with Crippen molar-refractivity contribution in [1.82, 2.24) is 14.8 Å². The predicted molar refractivity (Wildman–Crippen MR) is 97.6 cm³/mol. The van der Waals surface area contributed by atoms with Crippen molar-refractivity contribution in [3.63, 3.8) is 0 Å². The number of halogens is 1. The van der Waals surface area contributed by atoms with Gasteiger partial charge in [-0.05, 0) is 29.8 Å². The molecule has 0 unspecified atom stereocenters. The third kappa shape index (κ3) is 4.35. The molecule has 1 aliphatic heterocycles. The second-order valence-electron chi connectivity index (χ2n) is 5.70. The lowest BCUT2D eigenvalue weighted by Crippen LogP contribution is -2.50. The van der Waals surface area contributed by atoms with Gasteiger partial charge in [-0.2, -0.15) is 0 Å². The molecular formula is C18H21ClN4O2. The quantitative estimate of drug-likeness (QED) is 0.900.